The van der Waals surface area contributed by atoms with E-state index in [0.717, 1.165) is 12.8 Å². The number of nitrogen functional groups attached to an aromatic ring is 1. The number of halogens is 1. The number of methoxy groups -OCH3 is 1. The quantitative estimate of drug-likeness (QED) is 0.306. The van der Waals surface area contributed by atoms with E-state index in [1.165, 1.54) is 19.2 Å². The Bertz CT molecular complexity index is 825. The number of carbonyl (C=O) groups excluding carboxylic acids is 1. The molecule has 0 aliphatic rings. The zero-order valence-corrected chi connectivity index (χ0v) is 16.6. The maximum atomic E-state index is 13.9. The number of unbranched alkanes of at least 4 members (excludes halogenated alkanes) is 1. The van der Waals surface area contributed by atoms with Gasteiger partial charge in [-0.15, -0.1) is 0 Å². The number of hydrogen-bond donors (Lipinski definition) is 4. The highest BCUT2D eigenvalue weighted by molar-refractivity contribution is 5.81. The van der Waals surface area contributed by atoms with Crippen LogP contribution in [0.4, 0.5) is 20.8 Å². The average molecular weight is 394 g/mol. The summed E-state index contributed by atoms with van der Waals surface area (Å²) in [6.07, 6.45) is 1.06. The lowest BCUT2D eigenvalue weighted by Crippen LogP contribution is -2.33. The van der Waals surface area contributed by atoms with E-state index in [4.69, 9.17) is 15.3 Å². The summed E-state index contributed by atoms with van der Waals surface area (Å²) in [5, 5.41) is 5.82. The largest absolute Gasteiger partial charge is 0.494 e. The highest BCUT2D eigenvalue weighted by Gasteiger charge is 2.15. The molecule has 2 rings (SSSR count). The molecule has 0 fully saturated rings. The lowest BCUT2D eigenvalue weighted by atomic mass is 10.2. The van der Waals surface area contributed by atoms with Gasteiger partial charge in [-0.25, -0.2) is 25.0 Å². The highest BCUT2D eigenvalue weighted by Crippen LogP contribution is 2.26. The molecule has 0 spiro atoms. The molecule has 1 aromatic heterocycles. The van der Waals surface area contributed by atoms with Crippen molar-refractivity contribution in [3.05, 3.63) is 17.9 Å². The number of rotatable bonds is 8. The predicted molar refractivity (Wildman–Crippen MR) is 106 cm³/mol. The third-order valence-electron chi connectivity index (χ3n) is 3.64. The summed E-state index contributed by atoms with van der Waals surface area (Å²) in [6, 6.07) is 2.72. The molecule has 9 nitrogen and oxygen atoms in total. The molecule has 28 heavy (non-hydrogen) atoms. The smallest absolute Gasteiger partial charge is 0.407 e. The molecule has 0 bridgehead atoms. The van der Waals surface area contributed by atoms with Crippen molar-refractivity contribution in [2.45, 2.75) is 39.2 Å². The number of carbonyl (C=O) groups is 1. The van der Waals surface area contributed by atoms with Crippen LogP contribution in [-0.4, -0.2) is 41.9 Å². The molecule has 0 saturated heterocycles. The minimum Gasteiger partial charge on any atom is -0.494 e. The van der Waals surface area contributed by atoms with Crippen LogP contribution in [0.15, 0.2) is 12.1 Å². The van der Waals surface area contributed by atoms with Crippen molar-refractivity contribution in [2.75, 3.05) is 30.9 Å². The Hall–Kier alpha value is -2.88. The van der Waals surface area contributed by atoms with Crippen LogP contribution in [0.1, 0.15) is 33.6 Å². The topological polar surface area (TPSA) is 123 Å². The second-order valence-corrected chi connectivity index (χ2v) is 7.10. The van der Waals surface area contributed by atoms with Crippen LogP contribution < -0.4 is 26.6 Å². The molecule has 0 atom stereocenters. The van der Waals surface area contributed by atoms with Gasteiger partial charge in [0.15, 0.2) is 23.2 Å². The molecule has 1 heterocycles. The first-order chi connectivity index (χ1) is 13.2. The molecule has 2 aromatic rings. The van der Waals surface area contributed by atoms with Crippen LogP contribution in [0.25, 0.3) is 11.0 Å². The van der Waals surface area contributed by atoms with Crippen LogP contribution in [-0.2, 0) is 4.74 Å². The van der Waals surface area contributed by atoms with Crippen molar-refractivity contribution in [1.82, 2.24) is 15.3 Å². The number of benzene rings is 1. The van der Waals surface area contributed by atoms with E-state index in [-0.39, 0.29) is 5.75 Å². The van der Waals surface area contributed by atoms with E-state index in [0.29, 0.717) is 35.8 Å². The van der Waals surface area contributed by atoms with Gasteiger partial charge >= 0.3 is 6.09 Å². The molecule has 0 radical (unpaired) electrons. The maximum Gasteiger partial charge on any atom is 0.407 e. The Morgan fingerprint density at radius 1 is 1.14 bits per heavy atom. The van der Waals surface area contributed by atoms with E-state index < -0.39 is 17.5 Å². The van der Waals surface area contributed by atoms with E-state index in [1.54, 1.807) is 0 Å². The number of amides is 1. The number of nitrogens with two attached hydrogens (primary N) is 1. The van der Waals surface area contributed by atoms with Gasteiger partial charge in [-0.1, -0.05) is 0 Å². The molecular weight excluding hydrogens is 367 g/mol. The Morgan fingerprint density at radius 3 is 2.43 bits per heavy atom. The summed E-state index contributed by atoms with van der Waals surface area (Å²) in [5.41, 5.74) is 2.80. The number of nitrogens with zero attached hydrogens (tertiary/aromatic N) is 2. The first-order valence-corrected chi connectivity index (χ1v) is 8.96. The zero-order chi connectivity index (χ0) is 20.7. The summed E-state index contributed by atoms with van der Waals surface area (Å²) >= 11 is 0. The van der Waals surface area contributed by atoms with Gasteiger partial charge in [0.25, 0.3) is 0 Å². The van der Waals surface area contributed by atoms with Crippen molar-refractivity contribution in [1.29, 1.82) is 0 Å². The van der Waals surface area contributed by atoms with Crippen molar-refractivity contribution in [2.24, 2.45) is 5.84 Å². The normalized spacial score (nSPS) is 11.2. The van der Waals surface area contributed by atoms with Gasteiger partial charge in [0.2, 0.25) is 0 Å². The fourth-order valence-corrected chi connectivity index (χ4v) is 2.40. The lowest BCUT2D eigenvalue weighted by Gasteiger charge is -2.19. The zero-order valence-electron chi connectivity index (χ0n) is 16.6. The van der Waals surface area contributed by atoms with Crippen LogP contribution in [0.2, 0.25) is 0 Å². The minimum atomic E-state index is -0.518. The van der Waals surface area contributed by atoms with Crippen molar-refractivity contribution in [3.63, 3.8) is 0 Å². The molecule has 10 heteroatoms. The first kappa shape index (κ1) is 21.4. The van der Waals surface area contributed by atoms with Gasteiger partial charge in [0.1, 0.15) is 5.60 Å². The molecule has 5 N–H and O–H groups in total. The number of nitrogens with one attached hydrogen (secondary N) is 3. The van der Waals surface area contributed by atoms with Gasteiger partial charge in [-0.2, -0.15) is 0 Å². The molecule has 0 saturated carbocycles. The summed E-state index contributed by atoms with van der Waals surface area (Å²) < 4.78 is 24.0. The van der Waals surface area contributed by atoms with Gasteiger partial charge in [0, 0.05) is 25.2 Å². The SMILES string of the molecule is COc1cc2nc(NN)c(NCCCCNC(=O)OC(C)(C)C)nc2cc1F. The third-order valence-corrected chi connectivity index (χ3v) is 3.64. The van der Waals surface area contributed by atoms with Crippen molar-refractivity contribution in [3.8, 4) is 5.75 Å². The van der Waals surface area contributed by atoms with Crippen LogP contribution in [0.3, 0.4) is 0 Å². The summed E-state index contributed by atoms with van der Waals surface area (Å²) in [6.45, 7) is 6.50. The number of alkyl carbamates (subject to hydrolysis) is 1. The van der Waals surface area contributed by atoms with E-state index in [9.17, 15) is 9.18 Å². The standard InChI is InChI=1S/C18H27FN6O3/c1-18(2,3)28-17(26)22-8-6-5-7-21-15-16(25-20)24-13-10-14(27-4)11(19)9-12(13)23-15/h9-10H,5-8,20H2,1-4H3,(H,21,23)(H,22,26)(H,24,25). The highest BCUT2D eigenvalue weighted by atomic mass is 19.1. The van der Waals surface area contributed by atoms with Gasteiger partial charge < -0.3 is 25.5 Å². The summed E-state index contributed by atoms with van der Waals surface area (Å²) in [7, 11) is 1.38. The maximum absolute atomic E-state index is 13.9. The average Bonchev–Trinajstić information content (AvgIpc) is 2.61. The van der Waals surface area contributed by atoms with Gasteiger partial charge in [-0.3, -0.25) is 0 Å². The molecule has 0 aliphatic heterocycles. The lowest BCUT2D eigenvalue weighted by molar-refractivity contribution is 0.0527. The predicted octanol–water partition coefficient (Wildman–Crippen LogP) is 2.78. The van der Waals surface area contributed by atoms with Crippen molar-refractivity contribution < 1.29 is 18.7 Å². The van der Waals surface area contributed by atoms with Gasteiger partial charge in [-0.05, 0) is 33.6 Å². The molecule has 1 amide bonds. The number of fused-ring (bicyclic) bond motifs is 1. The Labute approximate surface area is 163 Å². The molecule has 0 unspecified atom stereocenters. The number of hydrazine groups is 1. The van der Waals surface area contributed by atoms with Crippen LogP contribution in [0, 0.1) is 5.82 Å². The van der Waals surface area contributed by atoms with Crippen LogP contribution in [0.5, 0.6) is 5.75 Å². The Morgan fingerprint density at radius 2 is 1.79 bits per heavy atom. The van der Waals surface area contributed by atoms with E-state index in [2.05, 4.69) is 26.0 Å². The Balaban J connectivity index is 1.89. The number of hydrogen-bond acceptors (Lipinski definition) is 8. The summed E-state index contributed by atoms with van der Waals surface area (Å²) in [4.78, 5) is 20.3. The molecule has 1 aromatic carbocycles. The number of ether oxygens (including phenoxy) is 2. The van der Waals surface area contributed by atoms with Gasteiger partial charge in [0.05, 0.1) is 18.1 Å². The molecule has 0 aliphatic carbocycles. The fourth-order valence-electron chi connectivity index (χ4n) is 2.40. The Kier molecular flexibility index (Phi) is 7.16. The molecule has 154 valence electrons. The van der Waals surface area contributed by atoms with Crippen LogP contribution >= 0.6 is 0 Å². The van der Waals surface area contributed by atoms with E-state index >= 15 is 0 Å². The second-order valence-electron chi connectivity index (χ2n) is 7.10. The number of aromatic nitrogens is 2. The number of anilines is 2. The monoisotopic (exact) mass is 394 g/mol. The summed E-state index contributed by atoms with van der Waals surface area (Å²) in [5.74, 6) is 5.84. The minimum absolute atomic E-state index is 0.0861. The molecular formula is C18H27FN6O3. The van der Waals surface area contributed by atoms with Crippen molar-refractivity contribution >= 4 is 28.8 Å². The van der Waals surface area contributed by atoms with E-state index in [1.807, 2.05) is 20.8 Å². The first-order valence-electron chi connectivity index (χ1n) is 8.96. The second kappa shape index (κ2) is 9.36. The third kappa shape index (κ3) is 6.08. The fraction of sp³-hybridized carbons (Fsp3) is 0.500.